The third-order valence-corrected chi connectivity index (χ3v) is 5.45. The van der Waals surface area contributed by atoms with Crippen LogP contribution in [0.4, 0.5) is 0 Å². The number of amides is 2. The van der Waals surface area contributed by atoms with Gasteiger partial charge in [0.1, 0.15) is 17.1 Å². The Morgan fingerprint density at radius 3 is 2.75 bits per heavy atom. The molecule has 2 fully saturated rings. The largest absolute Gasteiger partial charge is 0.329 e. The van der Waals surface area contributed by atoms with Gasteiger partial charge in [0.05, 0.1) is 5.54 Å². The Morgan fingerprint density at radius 2 is 2.10 bits per heavy atom. The van der Waals surface area contributed by atoms with Gasteiger partial charge in [-0.25, -0.2) is 4.98 Å². The second-order valence-corrected chi connectivity index (χ2v) is 6.86. The number of carbonyl (C=O) groups is 2. The molecule has 0 N–H and O–H groups in total. The number of thiazole rings is 1. The standard InChI is InChI=1S/C14H19N3O2S/c1-9-11(18)16-7-4-5-10(16)12(19)17(9)14(2,3)13-15-6-8-20-13/h6,8-10H,4-5,7H2,1-3H3. The highest BCUT2D eigenvalue weighted by molar-refractivity contribution is 7.09. The van der Waals surface area contributed by atoms with E-state index in [9.17, 15) is 9.59 Å². The van der Waals surface area contributed by atoms with Crippen LogP contribution in [0.15, 0.2) is 11.6 Å². The average Bonchev–Trinajstić information content (AvgIpc) is 3.07. The van der Waals surface area contributed by atoms with Crippen molar-refractivity contribution in [2.75, 3.05) is 6.54 Å². The van der Waals surface area contributed by atoms with Gasteiger partial charge >= 0.3 is 0 Å². The number of hydrogen-bond acceptors (Lipinski definition) is 4. The Hall–Kier alpha value is -1.43. The summed E-state index contributed by atoms with van der Waals surface area (Å²) in [6.07, 6.45) is 3.44. The van der Waals surface area contributed by atoms with Crippen LogP contribution in [0.2, 0.25) is 0 Å². The van der Waals surface area contributed by atoms with Crippen LogP contribution in [0.1, 0.15) is 38.6 Å². The first-order chi connectivity index (χ1) is 9.44. The number of nitrogens with zero attached hydrogens (tertiary/aromatic N) is 3. The Labute approximate surface area is 122 Å². The zero-order valence-corrected chi connectivity index (χ0v) is 12.8. The lowest BCUT2D eigenvalue weighted by atomic mass is 9.95. The number of aromatic nitrogens is 1. The van der Waals surface area contributed by atoms with Crippen LogP contribution >= 0.6 is 11.3 Å². The van der Waals surface area contributed by atoms with E-state index in [1.54, 1.807) is 16.0 Å². The zero-order valence-electron chi connectivity index (χ0n) is 12.0. The van der Waals surface area contributed by atoms with Crippen LogP contribution < -0.4 is 0 Å². The molecule has 1 aromatic heterocycles. The van der Waals surface area contributed by atoms with Crippen molar-refractivity contribution in [3.8, 4) is 0 Å². The summed E-state index contributed by atoms with van der Waals surface area (Å²) in [4.78, 5) is 33.1. The second kappa shape index (κ2) is 4.55. The summed E-state index contributed by atoms with van der Waals surface area (Å²) < 4.78 is 0. The molecule has 0 bridgehead atoms. The maximum atomic E-state index is 12.8. The Bertz CT molecular complexity index is 541. The topological polar surface area (TPSA) is 53.5 Å². The van der Waals surface area contributed by atoms with Crippen molar-refractivity contribution in [1.82, 2.24) is 14.8 Å². The molecular formula is C14H19N3O2S. The molecule has 2 unspecified atom stereocenters. The van der Waals surface area contributed by atoms with Crippen molar-refractivity contribution in [2.24, 2.45) is 0 Å². The van der Waals surface area contributed by atoms with Crippen molar-refractivity contribution < 1.29 is 9.59 Å². The van der Waals surface area contributed by atoms with E-state index in [1.165, 1.54) is 11.3 Å². The fraction of sp³-hybridized carbons (Fsp3) is 0.643. The second-order valence-electron chi connectivity index (χ2n) is 5.97. The fourth-order valence-corrected chi connectivity index (χ4v) is 4.14. The third kappa shape index (κ3) is 1.78. The number of hydrogen-bond donors (Lipinski definition) is 0. The minimum Gasteiger partial charge on any atom is -0.329 e. The van der Waals surface area contributed by atoms with Crippen LogP contribution in [0, 0.1) is 0 Å². The molecule has 2 aliphatic rings. The zero-order chi connectivity index (χ0) is 14.5. The summed E-state index contributed by atoms with van der Waals surface area (Å²) in [5.41, 5.74) is -0.547. The van der Waals surface area contributed by atoms with Crippen LogP contribution in [0.5, 0.6) is 0 Å². The molecular weight excluding hydrogens is 274 g/mol. The highest BCUT2D eigenvalue weighted by atomic mass is 32.1. The lowest BCUT2D eigenvalue weighted by Gasteiger charge is -2.47. The molecule has 0 saturated carbocycles. The van der Waals surface area contributed by atoms with E-state index in [4.69, 9.17) is 0 Å². The fourth-order valence-electron chi connectivity index (χ4n) is 3.38. The molecule has 2 amide bonds. The van der Waals surface area contributed by atoms with E-state index in [1.807, 2.05) is 26.2 Å². The predicted octanol–water partition coefficient (Wildman–Crippen LogP) is 1.60. The lowest BCUT2D eigenvalue weighted by molar-refractivity contribution is -0.165. The molecule has 3 rings (SSSR count). The summed E-state index contributed by atoms with van der Waals surface area (Å²) in [5.74, 6) is 0.131. The highest BCUT2D eigenvalue weighted by Crippen LogP contribution is 2.37. The summed E-state index contributed by atoms with van der Waals surface area (Å²) in [5, 5.41) is 2.77. The van der Waals surface area contributed by atoms with E-state index in [0.717, 1.165) is 17.8 Å². The minimum atomic E-state index is -0.547. The normalized spacial score (nSPS) is 27.1. The SMILES string of the molecule is CC1C(=O)N2CCCC2C(=O)N1C(C)(C)c1nccs1. The van der Waals surface area contributed by atoms with Gasteiger partial charge in [-0.1, -0.05) is 0 Å². The van der Waals surface area contributed by atoms with Crippen molar-refractivity contribution in [3.63, 3.8) is 0 Å². The Balaban J connectivity index is 2.00. The van der Waals surface area contributed by atoms with Gasteiger partial charge < -0.3 is 9.80 Å². The number of piperazine rings is 1. The molecule has 1 aromatic rings. The first kappa shape index (κ1) is 13.5. The van der Waals surface area contributed by atoms with E-state index >= 15 is 0 Å². The van der Waals surface area contributed by atoms with Gasteiger partial charge in [-0.2, -0.15) is 0 Å². The van der Waals surface area contributed by atoms with E-state index in [2.05, 4.69) is 4.98 Å². The number of rotatable bonds is 2. The third-order valence-electron chi connectivity index (χ3n) is 4.36. The highest BCUT2D eigenvalue weighted by Gasteiger charge is 2.51. The molecule has 20 heavy (non-hydrogen) atoms. The van der Waals surface area contributed by atoms with Crippen molar-refractivity contribution >= 4 is 23.2 Å². The van der Waals surface area contributed by atoms with Crippen molar-refractivity contribution in [2.45, 2.75) is 51.2 Å². The number of fused-ring (bicyclic) bond motifs is 1. The van der Waals surface area contributed by atoms with Gasteiger partial charge in [0.25, 0.3) is 0 Å². The molecule has 0 radical (unpaired) electrons. The molecule has 108 valence electrons. The Kier molecular flexibility index (Phi) is 3.08. The smallest absolute Gasteiger partial charge is 0.246 e. The van der Waals surface area contributed by atoms with Gasteiger partial charge in [-0.05, 0) is 33.6 Å². The summed E-state index contributed by atoms with van der Waals surface area (Å²) in [6, 6.07) is -0.686. The molecule has 0 spiro atoms. The molecule has 0 aromatic carbocycles. The molecule has 2 aliphatic heterocycles. The molecule has 2 saturated heterocycles. The summed E-state index contributed by atoms with van der Waals surface area (Å²) >= 11 is 1.52. The molecule has 3 heterocycles. The first-order valence-electron chi connectivity index (χ1n) is 6.98. The van der Waals surface area contributed by atoms with E-state index in [-0.39, 0.29) is 17.9 Å². The predicted molar refractivity (Wildman–Crippen MR) is 76.2 cm³/mol. The minimum absolute atomic E-state index is 0.0646. The lowest BCUT2D eigenvalue weighted by Crippen LogP contribution is -2.66. The molecule has 0 aliphatic carbocycles. The maximum Gasteiger partial charge on any atom is 0.246 e. The Morgan fingerprint density at radius 1 is 1.35 bits per heavy atom. The van der Waals surface area contributed by atoms with Crippen LogP contribution in [0.3, 0.4) is 0 Å². The number of carbonyl (C=O) groups excluding carboxylic acids is 2. The van der Waals surface area contributed by atoms with E-state index in [0.29, 0.717) is 6.54 Å². The van der Waals surface area contributed by atoms with Gasteiger partial charge in [-0.3, -0.25) is 9.59 Å². The van der Waals surface area contributed by atoms with Gasteiger partial charge in [-0.15, -0.1) is 11.3 Å². The summed E-state index contributed by atoms with van der Waals surface area (Å²) in [6.45, 7) is 6.48. The quantitative estimate of drug-likeness (QED) is 0.832. The van der Waals surface area contributed by atoms with Gasteiger partial charge in [0.2, 0.25) is 11.8 Å². The molecule has 6 heteroatoms. The average molecular weight is 293 g/mol. The van der Waals surface area contributed by atoms with E-state index < -0.39 is 11.6 Å². The van der Waals surface area contributed by atoms with Crippen LogP contribution in [-0.4, -0.2) is 45.2 Å². The first-order valence-corrected chi connectivity index (χ1v) is 7.86. The van der Waals surface area contributed by atoms with Crippen LogP contribution in [-0.2, 0) is 15.1 Å². The summed E-state index contributed by atoms with van der Waals surface area (Å²) in [7, 11) is 0. The van der Waals surface area contributed by atoms with Gasteiger partial charge in [0.15, 0.2) is 0 Å². The van der Waals surface area contributed by atoms with Crippen molar-refractivity contribution in [3.05, 3.63) is 16.6 Å². The van der Waals surface area contributed by atoms with Gasteiger partial charge in [0, 0.05) is 18.1 Å². The van der Waals surface area contributed by atoms with Crippen LogP contribution in [0.25, 0.3) is 0 Å². The van der Waals surface area contributed by atoms with Crippen molar-refractivity contribution in [1.29, 1.82) is 0 Å². The molecule has 5 nitrogen and oxygen atoms in total. The molecule has 2 atom stereocenters. The monoisotopic (exact) mass is 293 g/mol. The maximum absolute atomic E-state index is 12.8.